The van der Waals surface area contributed by atoms with Crippen LogP contribution in [0.2, 0.25) is 0 Å². The van der Waals surface area contributed by atoms with Gasteiger partial charge in [0.25, 0.3) is 5.91 Å². The number of Topliss-reactive ketones (excluding diaryl/α,β-unsaturated/α-hetero) is 3. The number of halogens is 1. The molecule has 6 N–H and O–H groups in total. The van der Waals surface area contributed by atoms with Gasteiger partial charge in [-0.05, 0) is 36.5 Å². The first-order valence-electron chi connectivity index (χ1n) is 9.45. The Morgan fingerprint density at radius 3 is 2.45 bits per heavy atom. The number of aliphatic hydroxyl groups excluding tert-OH is 2. The summed E-state index contributed by atoms with van der Waals surface area (Å²) in [6, 6.07) is 2.65. The fourth-order valence-electron chi connectivity index (χ4n) is 4.95. The SMILES string of the molecule is NC(=O)C1=C(O)[C@@]2(O)C(=O)C3=C(O)c4c(O)ccc(C(=O)CBr)c4CC3C[C@H]2CC1=O. The molecule has 1 unspecified atom stereocenters. The van der Waals surface area contributed by atoms with Crippen LogP contribution in [0.1, 0.15) is 34.3 Å². The van der Waals surface area contributed by atoms with Crippen LogP contribution in [-0.2, 0) is 20.8 Å². The minimum Gasteiger partial charge on any atom is -0.508 e. The topological polar surface area (TPSA) is 175 Å². The van der Waals surface area contributed by atoms with Crippen LogP contribution in [0.3, 0.4) is 0 Å². The van der Waals surface area contributed by atoms with E-state index in [-0.39, 0.29) is 46.4 Å². The zero-order valence-electron chi connectivity index (χ0n) is 16.0. The number of ketones is 3. The van der Waals surface area contributed by atoms with E-state index in [2.05, 4.69) is 15.9 Å². The first-order valence-corrected chi connectivity index (χ1v) is 10.6. The van der Waals surface area contributed by atoms with Crippen molar-refractivity contribution in [1.82, 2.24) is 0 Å². The van der Waals surface area contributed by atoms with Gasteiger partial charge >= 0.3 is 0 Å². The van der Waals surface area contributed by atoms with Crippen molar-refractivity contribution in [1.29, 1.82) is 0 Å². The van der Waals surface area contributed by atoms with Crippen LogP contribution < -0.4 is 5.73 Å². The molecule has 162 valence electrons. The number of aromatic hydroxyl groups is 1. The number of carbonyl (C=O) groups is 4. The van der Waals surface area contributed by atoms with Gasteiger partial charge < -0.3 is 26.2 Å². The molecule has 1 fully saturated rings. The van der Waals surface area contributed by atoms with Gasteiger partial charge in [-0.25, -0.2) is 0 Å². The summed E-state index contributed by atoms with van der Waals surface area (Å²) >= 11 is 3.09. The monoisotopic (exact) mass is 491 g/mol. The van der Waals surface area contributed by atoms with E-state index in [1.165, 1.54) is 12.1 Å². The zero-order valence-corrected chi connectivity index (χ0v) is 17.6. The van der Waals surface area contributed by atoms with Crippen LogP contribution in [0.25, 0.3) is 5.76 Å². The van der Waals surface area contributed by atoms with Gasteiger partial charge in [-0.3, -0.25) is 19.2 Å². The Hall–Kier alpha value is -2.98. The third-order valence-corrected chi connectivity index (χ3v) is 6.88. The summed E-state index contributed by atoms with van der Waals surface area (Å²) in [4.78, 5) is 49.6. The Morgan fingerprint density at radius 2 is 1.84 bits per heavy atom. The van der Waals surface area contributed by atoms with Gasteiger partial charge in [-0.15, -0.1) is 0 Å². The number of benzene rings is 1. The van der Waals surface area contributed by atoms with Crippen LogP contribution in [0.4, 0.5) is 0 Å². The first-order chi connectivity index (χ1) is 14.5. The van der Waals surface area contributed by atoms with Gasteiger partial charge in [0.15, 0.2) is 17.2 Å². The Bertz CT molecular complexity index is 1150. The van der Waals surface area contributed by atoms with Crippen LogP contribution in [0, 0.1) is 11.8 Å². The van der Waals surface area contributed by atoms with Gasteiger partial charge in [-0.1, -0.05) is 15.9 Å². The molecule has 0 saturated heterocycles. The molecular weight excluding hydrogens is 474 g/mol. The third-order valence-electron chi connectivity index (χ3n) is 6.37. The second kappa shape index (κ2) is 7.03. The highest BCUT2D eigenvalue weighted by Gasteiger charge is 2.60. The van der Waals surface area contributed by atoms with Crippen molar-refractivity contribution in [3.05, 3.63) is 45.7 Å². The smallest absolute Gasteiger partial charge is 0.255 e. The van der Waals surface area contributed by atoms with Crippen LogP contribution in [0.5, 0.6) is 5.75 Å². The molecule has 0 aromatic heterocycles. The number of phenols is 1. The second-order valence-electron chi connectivity index (χ2n) is 7.95. The highest BCUT2D eigenvalue weighted by atomic mass is 79.9. The lowest BCUT2D eigenvalue weighted by Crippen LogP contribution is -2.58. The molecular formula is C21H18BrNO8. The number of hydrogen-bond acceptors (Lipinski definition) is 8. The molecule has 0 aliphatic heterocycles. The standard InChI is InChI=1S/C21H18BrNO8/c22-6-13(26)9-1-2-11(24)15-10(9)4-7-3-8-5-12(25)16(20(23)30)19(29)21(8,31)18(28)14(7)17(15)27/h1-2,7-8,24,27,29,31H,3-6H2,(H2,23,30)/t7?,8-,21-/m0/s1. The highest BCUT2D eigenvalue weighted by molar-refractivity contribution is 9.09. The first kappa shape index (κ1) is 21.3. The molecule has 31 heavy (non-hydrogen) atoms. The Morgan fingerprint density at radius 1 is 1.16 bits per heavy atom. The maximum Gasteiger partial charge on any atom is 0.255 e. The van der Waals surface area contributed by atoms with Crippen LogP contribution >= 0.6 is 15.9 Å². The highest BCUT2D eigenvalue weighted by Crippen LogP contribution is 2.52. The van der Waals surface area contributed by atoms with E-state index in [0.29, 0.717) is 5.56 Å². The minimum absolute atomic E-state index is 0.0105. The maximum atomic E-state index is 13.3. The summed E-state index contributed by atoms with van der Waals surface area (Å²) < 4.78 is 0. The fourth-order valence-corrected chi connectivity index (χ4v) is 5.26. The molecule has 1 aromatic rings. The molecule has 4 rings (SSSR count). The number of phenolic OH excluding ortho intramolecular Hbond substituents is 1. The van der Waals surface area contributed by atoms with Crippen molar-refractivity contribution in [3.8, 4) is 5.75 Å². The average molecular weight is 492 g/mol. The quantitative estimate of drug-likeness (QED) is 0.236. The number of carbonyl (C=O) groups excluding carboxylic acids is 4. The molecule has 0 heterocycles. The van der Waals surface area contributed by atoms with E-state index in [1.807, 2.05) is 0 Å². The fraction of sp³-hybridized carbons (Fsp3) is 0.333. The normalized spacial score (nSPS) is 27.5. The molecule has 1 aromatic carbocycles. The number of rotatable bonds is 3. The van der Waals surface area contributed by atoms with Crippen molar-refractivity contribution in [2.45, 2.75) is 24.9 Å². The van der Waals surface area contributed by atoms with E-state index >= 15 is 0 Å². The van der Waals surface area contributed by atoms with E-state index < -0.39 is 58.4 Å². The molecule has 1 saturated carbocycles. The van der Waals surface area contributed by atoms with Gasteiger partial charge in [0.05, 0.1) is 10.9 Å². The van der Waals surface area contributed by atoms with E-state index in [1.54, 1.807) is 0 Å². The summed E-state index contributed by atoms with van der Waals surface area (Å²) in [7, 11) is 0. The van der Waals surface area contributed by atoms with Gasteiger partial charge in [0.1, 0.15) is 22.8 Å². The lowest BCUT2D eigenvalue weighted by atomic mass is 9.59. The molecule has 0 bridgehead atoms. The number of amides is 1. The van der Waals surface area contributed by atoms with Crippen molar-refractivity contribution < 1.29 is 39.6 Å². The van der Waals surface area contributed by atoms with Crippen LogP contribution in [0.15, 0.2) is 29.0 Å². The number of fused-ring (bicyclic) bond motifs is 3. The number of aliphatic hydroxyl groups is 3. The predicted molar refractivity (Wildman–Crippen MR) is 110 cm³/mol. The second-order valence-corrected chi connectivity index (χ2v) is 8.51. The van der Waals surface area contributed by atoms with Crippen molar-refractivity contribution in [2.75, 3.05) is 5.33 Å². The molecule has 3 aliphatic carbocycles. The summed E-state index contributed by atoms with van der Waals surface area (Å²) in [6.45, 7) is 0. The molecule has 9 nitrogen and oxygen atoms in total. The molecule has 3 atom stereocenters. The average Bonchev–Trinajstić information content (AvgIpc) is 2.70. The van der Waals surface area contributed by atoms with Gasteiger partial charge in [0.2, 0.25) is 5.78 Å². The van der Waals surface area contributed by atoms with E-state index in [4.69, 9.17) is 5.73 Å². The Balaban J connectivity index is 1.94. The zero-order chi connectivity index (χ0) is 22.8. The predicted octanol–water partition coefficient (Wildman–Crippen LogP) is 1.00. The number of hydrogen-bond donors (Lipinski definition) is 5. The van der Waals surface area contributed by atoms with Gasteiger partial charge in [0, 0.05) is 23.5 Å². The summed E-state index contributed by atoms with van der Waals surface area (Å²) in [5.74, 6) is -7.24. The maximum absolute atomic E-state index is 13.3. The molecule has 3 aliphatic rings. The molecule has 0 radical (unpaired) electrons. The summed E-state index contributed by atoms with van der Waals surface area (Å²) in [5.41, 5.74) is 1.99. The van der Waals surface area contributed by atoms with Crippen molar-refractivity contribution in [2.24, 2.45) is 17.6 Å². The molecule has 0 spiro atoms. The van der Waals surface area contributed by atoms with Crippen LogP contribution in [-0.4, -0.2) is 54.6 Å². The van der Waals surface area contributed by atoms with Crippen molar-refractivity contribution in [3.63, 3.8) is 0 Å². The van der Waals surface area contributed by atoms with E-state index in [0.717, 1.165) is 0 Å². The van der Waals surface area contributed by atoms with Gasteiger partial charge in [-0.2, -0.15) is 0 Å². The molecule has 10 heteroatoms. The molecule has 1 amide bonds. The minimum atomic E-state index is -2.60. The lowest BCUT2D eigenvalue weighted by Gasteiger charge is -2.46. The largest absolute Gasteiger partial charge is 0.508 e. The van der Waals surface area contributed by atoms with Crippen molar-refractivity contribution >= 4 is 44.9 Å². The third kappa shape index (κ3) is 2.78. The number of alkyl halides is 1. The number of primary amides is 1. The summed E-state index contributed by atoms with van der Waals surface area (Å²) in [6.07, 6.45) is -0.285. The number of nitrogens with two attached hydrogens (primary N) is 1. The summed E-state index contributed by atoms with van der Waals surface area (Å²) in [5, 5.41) is 42.9. The van der Waals surface area contributed by atoms with E-state index in [9.17, 15) is 39.6 Å². The Kier molecular flexibility index (Phi) is 4.82. The Labute approximate surface area is 184 Å². The lowest BCUT2D eigenvalue weighted by molar-refractivity contribution is -0.147.